The van der Waals surface area contributed by atoms with Crippen molar-refractivity contribution in [3.63, 3.8) is 0 Å². The van der Waals surface area contributed by atoms with Crippen LogP contribution in [0.1, 0.15) is 130 Å². The normalized spacial score (nSPS) is 13.7. The van der Waals surface area contributed by atoms with Gasteiger partial charge in [-0.25, -0.2) is 0 Å². The van der Waals surface area contributed by atoms with Crippen LogP contribution in [0.15, 0.2) is 0 Å². The zero-order chi connectivity index (χ0) is 19.6. The van der Waals surface area contributed by atoms with Gasteiger partial charge in [0.2, 0.25) is 0 Å². The van der Waals surface area contributed by atoms with Crippen molar-refractivity contribution in [2.45, 2.75) is 130 Å². The van der Waals surface area contributed by atoms with Crippen molar-refractivity contribution >= 4 is 26.3 Å². The van der Waals surface area contributed by atoms with Crippen molar-refractivity contribution in [3.8, 4) is 0 Å². The average molecular weight is 499 g/mol. The number of halogens is 1. The van der Waals surface area contributed by atoms with E-state index >= 15 is 0 Å². The summed E-state index contributed by atoms with van der Waals surface area (Å²) in [6, 6.07) is 0. The molecule has 26 heavy (non-hydrogen) atoms. The number of hydrogen-bond donors (Lipinski definition) is 0. The third-order valence-electron chi connectivity index (χ3n) is 6.28. The standard InChI is InChI=1S/C24H52IP/c1-5-9-13-15-19-23-26(25,21-17-11-7-3,22-18-12-8-4)24-20-16-14-10-6-2/h5-24H2,1-4H3. The van der Waals surface area contributed by atoms with Gasteiger partial charge in [-0.3, -0.25) is 0 Å². The molecule has 0 fully saturated rings. The molecule has 0 saturated heterocycles. The predicted molar refractivity (Wildman–Crippen MR) is 137 cm³/mol. The molecule has 0 saturated carbocycles. The molecule has 0 radical (unpaired) electrons. The van der Waals surface area contributed by atoms with E-state index in [-0.39, 0.29) is 0 Å². The molecule has 0 aliphatic rings. The Morgan fingerprint density at radius 2 is 0.615 bits per heavy atom. The van der Waals surface area contributed by atoms with Crippen LogP contribution in [0.4, 0.5) is 0 Å². The van der Waals surface area contributed by atoms with E-state index in [9.17, 15) is 0 Å². The summed E-state index contributed by atoms with van der Waals surface area (Å²) < 4.78 is -1.51. The van der Waals surface area contributed by atoms with E-state index in [4.69, 9.17) is 0 Å². The van der Waals surface area contributed by atoms with Crippen LogP contribution in [0.2, 0.25) is 0 Å². The molecule has 2 heteroatoms. The predicted octanol–water partition coefficient (Wildman–Crippen LogP) is 10.2. The van der Waals surface area contributed by atoms with Gasteiger partial charge in [0, 0.05) is 0 Å². The average Bonchev–Trinajstić information content (AvgIpc) is 2.62. The molecule has 0 heterocycles. The molecule has 0 unspecified atom stereocenters. The second-order valence-corrected chi connectivity index (χ2v) is 22.6. The van der Waals surface area contributed by atoms with Gasteiger partial charge in [-0.1, -0.05) is 0 Å². The van der Waals surface area contributed by atoms with Crippen LogP contribution in [0.25, 0.3) is 0 Å². The van der Waals surface area contributed by atoms with E-state index < -0.39 is 4.25 Å². The monoisotopic (exact) mass is 498 g/mol. The minimum atomic E-state index is -1.51. The second kappa shape index (κ2) is 17.1. The summed E-state index contributed by atoms with van der Waals surface area (Å²) in [5.41, 5.74) is 0. The first-order chi connectivity index (χ1) is 12.5. The molecule has 0 aromatic heterocycles. The topological polar surface area (TPSA) is 0 Å². The Labute approximate surface area is 180 Å². The van der Waals surface area contributed by atoms with Crippen molar-refractivity contribution in [1.29, 1.82) is 0 Å². The molecule has 0 spiro atoms. The Balaban J connectivity index is 4.87. The SMILES string of the molecule is CCCCCCCP(I)(CCCCC)(CCCCC)CCCCCCC. The summed E-state index contributed by atoms with van der Waals surface area (Å²) in [5, 5.41) is 0. The molecule has 0 amide bonds. The Hall–Kier alpha value is 1.16. The molecule has 0 aliphatic heterocycles. The van der Waals surface area contributed by atoms with Gasteiger partial charge >= 0.3 is 181 Å². The molecule has 0 N–H and O–H groups in total. The van der Waals surface area contributed by atoms with Crippen molar-refractivity contribution in [1.82, 2.24) is 0 Å². The molecule has 0 aromatic carbocycles. The van der Waals surface area contributed by atoms with Gasteiger partial charge in [0.05, 0.1) is 0 Å². The van der Waals surface area contributed by atoms with Gasteiger partial charge in [-0.15, -0.1) is 0 Å². The van der Waals surface area contributed by atoms with E-state index in [2.05, 4.69) is 49.7 Å². The number of unbranched alkanes of at least 4 members (excludes halogenated alkanes) is 12. The molecule has 0 nitrogen and oxygen atoms in total. The Kier molecular flexibility index (Phi) is 17.8. The van der Waals surface area contributed by atoms with E-state index in [1.54, 1.807) is 24.6 Å². The van der Waals surface area contributed by atoms with Crippen LogP contribution in [0, 0.1) is 0 Å². The maximum absolute atomic E-state index is 3.14. The first-order valence-corrected chi connectivity index (χ1v) is 18.0. The molecule has 0 aromatic rings. The van der Waals surface area contributed by atoms with Gasteiger partial charge in [-0.2, -0.15) is 0 Å². The van der Waals surface area contributed by atoms with Gasteiger partial charge in [0.25, 0.3) is 0 Å². The fourth-order valence-corrected chi connectivity index (χ4v) is 13.9. The van der Waals surface area contributed by atoms with Gasteiger partial charge in [0.1, 0.15) is 0 Å². The van der Waals surface area contributed by atoms with Crippen LogP contribution in [-0.4, -0.2) is 24.6 Å². The fraction of sp³-hybridized carbons (Fsp3) is 1.00. The summed E-state index contributed by atoms with van der Waals surface area (Å²) in [7, 11) is 0. The number of hydrogen-bond acceptors (Lipinski definition) is 0. The quantitative estimate of drug-likeness (QED) is 0.0890. The summed E-state index contributed by atoms with van der Waals surface area (Å²) in [5.74, 6) is 0. The Morgan fingerprint density at radius 1 is 0.385 bits per heavy atom. The van der Waals surface area contributed by atoms with E-state index in [0.717, 1.165) is 0 Å². The van der Waals surface area contributed by atoms with Gasteiger partial charge in [-0.05, 0) is 0 Å². The second-order valence-electron chi connectivity index (χ2n) is 8.96. The molecular weight excluding hydrogens is 446 g/mol. The summed E-state index contributed by atoms with van der Waals surface area (Å²) in [6.07, 6.45) is 29.7. The van der Waals surface area contributed by atoms with Crippen LogP contribution >= 0.6 is 26.3 Å². The van der Waals surface area contributed by atoms with E-state index in [1.165, 1.54) is 103 Å². The van der Waals surface area contributed by atoms with Gasteiger partial charge in [0.15, 0.2) is 0 Å². The molecular formula is C24H52IP. The first kappa shape index (κ1) is 27.2. The molecule has 0 aliphatic carbocycles. The third-order valence-corrected chi connectivity index (χ3v) is 17.8. The van der Waals surface area contributed by atoms with Crippen LogP contribution in [0.5, 0.6) is 0 Å². The van der Waals surface area contributed by atoms with E-state index in [1.807, 2.05) is 0 Å². The Bertz CT molecular complexity index is 275. The van der Waals surface area contributed by atoms with Crippen LogP contribution in [0.3, 0.4) is 0 Å². The minimum absolute atomic E-state index is 1.37. The third kappa shape index (κ3) is 13.4. The first-order valence-electron chi connectivity index (χ1n) is 12.3. The number of rotatable bonds is 20. The fourth-order valence-electron chi connectivity index (χ4n) is 4.41. The van der Waals surface area contributed by atoms with E-state index in [0.29, 0.717) is 0 Å². The summed E-state index contributed by atoms with van der Waals surface area (Å²) in [6.45, 7) is 9.41. The van der Waals surface area contributed by atoms with Gasteiger partial charge < -0.3 is 0 Å². The molecule has 0 atom stereocenters. The Morgan fingerprint density at radius 3 is 0.923 bits per heavy atom. The molecule has 0 bridgehead atoms. The maximum atomic E-state index is 3.14. The molecule has 160 valence electrons. The zero-order valence-corrected chi connectivity index (χ0v) is 22.0. The molecule has 0 rings (SSSR count). The van der Waals surface area contributed by atoms with Crippen LogP contribution in [-0.2, 0) is 0 Å². The van der Waals surface area contributed by atoms with Crippen molar-refractivity contribution < 1.29 is 0 Å². The zero-order valence-electron chi connectivity index (χ0n) is 19.0. The van der Waals surface area contributed by atoms with Crippen molar-refractivity contribution in [2.24, 2.45) is 0 Å². The summed E-state index contributed by atoms with van der Waals surface area (Å²) >= 11 is 3.14. The van der Waals surface area contributed by atoms with Crippen LogP contribution < -0.4 is 0 Å². The van der Waals surface area contributed by atoms with Crippen molar-refractivity contribution in [2.75, 3.05) is 24.6 Å². The summed E-state index contributed by atoms with van der Waals surface area (Å²) in [4.78, 5) is 0. The van der Waals surface area contributed by atoms with Crippen molar-refractivity contribution in [3.05, 3.63) is 0 Å².